The van der Waals surface area contributed by atoms with Crippen molar-refractivity contribution in [3.05, 3.63) is 66.5 Å². The fourth-order valence-corrected chi connectivity index (χ4v) is 3.43. The number of nitrogens with one attached hydrogen (secondary N) is 1. The topological polar surface area (TPSA) is 86.0 Å². The maximum absolute atomic E-state index is 13.2. The van der Waals surface area contributed by atoms with Crippen molar-refractivity contribution < 1.29 is 13.5 Å². The molecule has 0 saturated carbocycles. The van der Waals surface area contributed by atoms with Gasteiger partial charge in [0.1, 0.15) is 5.75 Å². The van der Waals surface area contributed by atoms with Gasteiger partial charge in [-0.25, -0.2) is 23.7 Å². The molecule has 2 aromatic heterocycles. The number of anilines is 2. The Hall–Kier alpha value is -3.81. The van der Waals surface area contributed by atoms with Crippen molar-refractivity contribution in [2.75, 3.05) is 17.6 Å². The molecule has 8 heteroatoms. The predicted molar refractivity (Wildman–Crippen MR) is 122 cm³/mol. The number of ether oxygens (including phenoxy) is 1. The Kier molecular flexibility index (Phi) is 5.85. The summed E-state index contributed by atoms with van der Waals surface area (Å²) in [5, 5.41) is 4.83. The van der Waals surface area contributed by atoms with Gasteiger partial charge >= 0.3 is 0 Å². The molecule has 32 heavy (non-hydrogen) atoms. The largest absolute Gasteiger partial charge is 0.437 e. The highest BCUT2D eigenvalue weighted by atomic mass is 19.3. The second-order valence-electron chi connectivity index (χ2n) is 7.62. The lowest BCUT2D eigenvalue weighted by atomic mass is 10.0. The van der Waals surface area contributed by atoms with Crippen LogP contribution >= 0.6 is 0 Å². The lowest BCUT2D eigenvalue weighted by molar-refractivity contribution is 0.0167. The van der Waals surface area contributed by atoms with Gasteiger partial charge in [-0.05, 0) is 43.7 Å². The molecule has 0 spiro atoms. The maximum Gasteiger partial charge on any atom is 0.247 e. The molecule has 0 atom stereocenters. The van der Waals surface area contributed by atoms with Gasteiger partial charge in [0.25, 0.3) is 0 Å². The molecule has 2 heterocycles. The summed E-state index contributed by atoms with van der Waals surface area (Å²) >= 11 is 0. The summed E-state index contributed by atoms with van der Waals surface area (Å²) in [5.74, 6) is -1.55. The third-order valence-corrected chi connectivity index (χ3v) is 5.01. The van der Waals surface area contributed by atoms with E-state index in [9.17, 15) is 8.78 Å². The maximum atomic E-state index is 13.2. The van der Waals surface area contributed by atoms with Crippen molar-refractivity contribution in [2.45, 2.75) is 26.2 Å². The monoisotopic (exact) mass is 435 g/mol. The standard InChI is InChI=1S/C24H23F2N5O/c1-15-8-9-16-17(5-3-7-19(16)28-14-11-24(2,25)26)21(15)32-22-18(6-4-12-29-22)20-10-13-30-23(27)31-20/h3-10,12-13,28H,11,14H2,1-2H3,(H2,27,30,31). The van der Waals surface area contributed by atoms with Crippen molar-refractivity contribution in [1.29, 1.82) is 0 Å². The number of hydrogen-bond donors (Lipinski definition) is 2. The zero-order chi connectivity index (χ0) is 22.7. The van der Waals surface area contributed by atoms with Crippen LogP contribution in [-0.2, 0) is 0 Å². The number of pyridine rings is 1. The average molecular weight is 435 g/mol. The van der Waals surface area contributed by atoms with Crippen LogP contribution in [0.2, 0.25) is 0 Å². The molecule has 0 saturated heterocycles. The van der Waals surface area contributed by atoms with Crippen molar-refractivity contribution in [1.82, 2.24) is 15.0 Å². The van der Waals surface area contributed by atoms with Crippen molar-refractivity contribution >= 4 is 22.4 Å². The average Bonchev–Trinajstić information content (AvgIpc) is 2.75. The van der Waals surface area contributed by atoms with Crippen LogP contribution in [0.4, 0.5) is 20.4 Å². The number of aromatic nitrogens is 3. The highest BCUT2D eigenvalue weighted by Crippen LogP contribution is 2.38. The van der Waals surface area contributed by atoms with Gasteiger partial charge in [-0.15, -0.1) is 0 Å². The number of nitrogens with zero attached hydrogens (tertiary/aromatic N) is 3. The molecule has 0 aliphatic carbocycles. The number of aryl methyl sites for hydroxylation is 1. The first-order valence-electron chi connectivity index (χ1n) is 10.2. The SMILES string of the molecule is Cc1ccc2c(NCCC(C)(F)F)cccc2c1Oc1ncccc1-c1ccnc(N)n1. The number of fused-ring (bicyclic) bond motifs is 1. The van der Waals surface area contributed by atoms with E-state index in [0.29, 0.717) is 22.9 Å². The number of nitrogen functional groups attached to an aromatic ring is 1. The van der Waals surface area contributed by atoms with E-state index >= 15 is 0 Å². The second kappa shape index (κ2) is 8.74. The minimum Gasteiger partial charge on any atom is -0.437 e. The third kappa shape index (κ3) is 4.74. The van der Waals surface area contributed by atoms with Crippen LogP contribution in [0.5, 0.6) is 11.6 Å². The molecule has 0 fully saturated rings. The fraction of sp³-hybridized carbons (Fsp3) is 0.208. The molecule has 0 radical (unpaired) electrons. The van der Waals surface area contributed by atoms with E-state index in [-0.39, 0.29) is 18.9 Å². The summed E-state index contributed by atoms with van der Waals surface area (Å²) in [4.78, 5) is 12.6. The van der Waals surface area contributed by atoms with Crippen molar-refractivity contribution in [3.8, 4) is 22.9 Å². The minimum atomic E-state index is -2.72. The van der Waals surface area contributed by atoms with Gasteiger partial charge in [-0.1, -0.05) is 24.3 Å². The van der Waals surface area contributed by atoms with Gasteiger partial charge in [-0.2, -0.15) is 0 Å². The van der Waals surface area contributed by atoms with Crippen LogP contribution in [0.25, 0.3) is 22.0 Å². The summed E-state index contributed by atoms with van der Waals surface area (Å²) in [6, 6.07) is 14.9. The van der Waals surface area contributed by atoms with Crippen molar-refractivity contribution in [2.24, 2.45) is 0 Å². The molecule has 0 amide bonds. The molecule has 0 aliphatic heterocycles. The van der Waals surface area contributed by atoms with Crippen molar-refractivity contribution in [3.63, 3.8) is 0 Å². The molecule has 0 aliphatic rings. The number of alkyl halides is 2. The first-order chi connectivity index (χ1) is 15.3. The van der Waals surface area contributed by atoms with Crippen LogP contribution in [-0.4, -0.2) is 27.4 Å². The molecule has 4 aromatic rings. The van der Waals surface area contributed by atoms with E-state index in [2.05, 4.69) is 20.3 Å². The van der Waals surface area contributed by atoms with E-state index in [0.717, 1.165) is 28.9 Å². The molecule has 164 valence electrons. The quantitative estimate of drug-likeness (QED) is 0.380. The van der Waals surface area contributed by atoms with E-state index in [1.54, 1.807) is 24.5 Å². The number of rotatable bonds is 7. The summed E-state index contributed by atoms with van der Waals surface area (Å²) < 4.78 is 32.7. The Bertz CT molecular complexity index is 1260. The van der Waals surface area contributed by atoms with E-state index in [4.69, 9.17) is 10.5 Å². The van der Waals surface area contributed by atoms with E-state index < -0.39 is 5.92 Å². The van der Waals surface area contributed by atoms with Crippen LogP contribution in [0.1, 0.15) is 18.9 Å². The van der Waals surface area contributed by atoms with Gasteiger partial charge in [0.15, 0.2) is 0 Å². The molecular weight excluding hydrogens is 412 g/mol. The van der Waals surface area contributed by atoms with Gasteiger partial charge in [-0.3, -0.25) is 0 Å². The molecule has 2 aromatic carbocycles. The van der Waals surface area contributed by atoms with Gasteiger partial charge in [0.2, 0.25) is 17.8 Å². The Balaban J connectivity index is 1.72. The molecule has 0 bridgehead atoms. The summed E-state index contributed by atoms with van der Waals surface area (Å²) in [7, 11) is 0. The van der Waals surface area contributed by atoms with Gasteiger partial charge in [0.05, 0.1) is 11.3 Å². The number of benzene rings is 2. The predicted octanol–water partition coefficient (Wildman–Crippen LogP) is 5.83. The molecule has 4 rings (SSSR count). The first kappa shape index (κ1) is 21.4. The Morgan fingerprint density at radius 2 is 1.84 bits per heavy atom. The second-order valence-corrected chi connectivity index (χ2v) is 7.62. The van der Waals surface area contributed by atoms with Crippen LogP contribution in [0.3, 0.4) is 0 Å². The zero-order valence-electron chi connectivity index (χ0n) is 17.8. The zero-order valence-corrected chi connectivity index (χ0v) is 17.8. The van der Waals surface area contributed by atoms with E-state index in [1.807, 2.05) is 43.3 Å². The molecular formula is C24H23F2N5O. The van der Waals surface area contributed by atoms with Crippen LogP contribution in [0, 0.1) is 6.92 Å². The highest BCUT2D eigenvalue weighted by molar-refractivity contribution is 5.98. The smallest absolute Gasteiger partial charge is 0.247 e. The van der Waals surface area contributed by atoms with Crippen LogP contribution < -0.4 is 15.8 Å². The van der Waals surface area contributed by atoms with E-state index in [1.165, 1.54) is 0 Å². The summed E-state index contributed by atoms with van der Waals surface area (Å²) in [5.41, 5.74) is 8.70. The molecule has 0 unspecified atom stereocenters. The lowest BCUT2D eigenvalue weighted by Gasteiger charge is -2.17. The van der Waals surface area contributed by atoms with Gasteiger partial charge in [0, 0.05) is 41.8 Å². The van der Waals surface area contributed by atoms with Gasteiger partial charge < -0.3 is 15.8 Å². The molecule has 6 nitrogen and oxygen atoms in total. The summed E-state index contributed by atoms with van der Waals surface area (Å²) in [6.07, 6.45) is 2.97. The normalized spacial score (nSPS) is 11.5. The Morgan fingerprint density at radius 1 is 1.00 bits per heavy atom. The first-order valence-corrected chi connectivity index (χ1v) is 10.2. The summed E-state index contributed by atoms with van der Waals surface area (Å²) in [6.45, 7) is 3.02. The molecule has 3 N–H and O–H groups in total. The lowest BCUT2D eigenvalue weighted by Crippen LogP contribution is -2.16. The Labute approximate surface area is 184 Å². The minimum absolute atomic E-state index is 0.159. The number of nitrogens with two attached hydrogens (primary N) is 1. The fourth-order valence-electron chi connectivity index (χ4n) is 3.43. The number of halogens is 2. The Morgan fingerprint density at radius 3 is 2.62 bits per heavy atom. The third-order valence-electron chi connectivity index (χ3n) is 5.01. The van der Waals surface area contributed by atoms with Crippen LogP contribution in [0.15, 0.2) is 60.9 Å². The number of hydrogen-bond acceptors (Lipinski definition) is 6. The highest BCUT2D eigenvalue weighted by Gasteiger charge is 2.20.